The van der Waals surface area contributed by atoms with Crippen molar-refractivity contribution >= 4 is 17.6 Å². The third-order valence-corrected chi connectivity index (χ3v) is 2.36. The van der Waals surface area contributed by atoms with Crippen molar-refractivity contribution in [1.82, 2.24) is 0 Å². The minimum atomic E-state index is -2.13. The summed E-state index contributed by atoms with van der Waals surface area (Å²) in [7, 11) is 0. The molecule has 0 aliphatic rings. The van der Waals surface area contributed by atoms with E-state index in [2.05, 4.69) is 4.74 Å². The summed E-state index contributed by atoms with van der Waals surface area (Å²) in [6, 6.07) is 6.22. The van der Waals surface area contributed by atoms with Crippen LogP contribution in [0.4, 0.5) is 4.39 Å². The lowest BCUT2D eigenvalue weighted by atomic mass is 10.1. The van der Waals surface area contributed by atoms with Gasteiger partial charge in [0.2, 0.25) is 6.17 Å². The van der Waals surface area contributed by atoms with E-state index in [1.54, 1.807) is 19.1 Å². The van der Waals surface area contributed by atoms with Gasteiger partial charge >= 0.3 is 5.97 Å². The molecule has 5 heteroatoms. The number of aliphatic hydroxyl groups is 1. The highest BCUT2D eigenvalue weighted by Gasteiger charge is 2.30. The number of halogens is 2. The smallest absolute Gasteiger partial charge is 0.343 e. The Morgan fingerprint density at radius 3 is 2.75 bits per heavy atom. The maximum Gasteiger partial charge on any atom is 0.343 e. The zero-order chi connectivity index (χ0) is 12.1. The first-order chi connectivity index (χ1) is 7.57. The molecule has 0 bridgehead atoms. The molecule has 2 atom stereocenters. The molecule has 1 N–H and O–H groups in total. The number of benzene rings is 1. The molecule has 1 aromatic rings. The van der Waals surface area contributed by atoms with Crippen molar-refractivity contribution in [2.45, 2.75) is 19.2 Å². The van der Waals surface area contributed by atoms with E-state index < -0.39 is 18.2 Å². The molecule has 1 rings (SSSR count). The third kappa shape index (κ3) is 2.93. The Bertz CT molecular complexity index is 370. The number of esters is 1. The SMILES string of the molecule is CCOC(=O)C(F)C(O)c1ccccc1Cl. The molecule has 88 valence electrons. The van der Waals surface area contributed by atoms with Crippen molar-refractivity contribution in [1.29, 1.82) is 0 Å². The van der Waals surface area contributed by atoms with E-state index in [-0.39, 0.29) is 17.2 Å². The van der Waals surface area contributed by atoms with Gasteiger partial charge in [0, 0.05) is 10.6 Å². The van der Waals surface area contributed by atoms with Crippen molar-refractivity contribution in [3.63, 3.8) is 0 Å². The van der Waals surface area contributed by atoms with Gasteiger partial charge in [0.25, 0.3) is 0 Å². The minimum absolute atomic E-state index is 0.0640. The fraction of sp³-hybridized carbons (Fsp3) is 0.364. The van der Waals surface area contributed by atoms with Crippen LogP contribution in [0.2, 0.25) is 5.02 Å². The van der Waals surface area contributed by atoms with Crippen molar-refractivity contribution in [3.8, 4) is 0 Å². The van der Waals surface area contributed by atoms with Gasteiger partial charge in [-0.15, -0.1) is 0 Å². The van der Waals surface area contributed by atoms with Gasteiger partial charge in [-0.25, -0.2) is 9.18 Å². The Morgan fingerprint density at radius 1 is 1.56 bits per heavy atom. The molecule has 0 aliphatic heterocycles. The number of carbonyl (C=O) groups is 1. The molecule has 0 saturated heterocycles. The second-order valence-corrected chi connectivity index (χ2v) is 3.53. The Morgan fingerprint density at radius 2 is 2.19 bits per heavy atom. The van der Waals surface area contributed by atoms with E-state index in [4.69, 9.17) is 11.6 Å². The number of aliphatic hydroxyl groups excluding tert-OH is 1. The predicted octanol–water partition coefficient (Wildman–Crippen LogP) is 2.27. The Labute approximate surface area is 97.8 Å². The number of carbonyl (C=O) groups excluding carboxylic acids is 1. The quantitative estimate of drug-likeness (QED) is 0.829. The Balaban J connectivity index is 2.82. The van der Waals surface area contributed by atoms with Crippen LogP contribution in [-0.2, 0) is 9.53 Å². The molecule has 3 nitrogen and oxygen atoms in total. The van der Waals surface area contributed by atoms with Gasteiger partial charge in [0.05, 0.1) is 6.61 Å². The molecular weight excluding hydrogens is 235 g/mol. The van der Waals surface area contributed by atoms with Crippen LogP contribution in [0.3, 0.4) is 0 Å². The molecule has 1 aromatic carbocycles. The number of hydrogen-bond acceptors (Lipinski definition) is 3. The molecule has 16 heavy (non-hydrogen) atoms. The van der Waals surface area contributed by atoms with E-state index in [0.717, 1.165) is 0 Å². The van der Waals surface area contributed by atoms with Crippen molar-refractivity contribution in [2.24, 2.45) is 0 Å². The number of rotatable bonds is 4. The van der Waals surface area contributed by atoms with Crippen LogP contribution in [0, 0.1) is 0 Å². The van der Waals surface area contributed by atoms with Crippen LogP contribution in [0.15, 0.2) is 24.3 Å². The summed E-state index contributed by atoms with van der Waals surface area (Å²) in [5.74, 6) is -1.09. The summed E-state index contributed by atoms with van der Waals surface area (Å²) in [5, 5.41) is 9.82. The molecule has 0 aliphatic carbocycles. The van der Waals surface area contributed by atoms with Crippen LogP contribution in [0.1, 0.15) is 18.6 Å². The van der Waals surface area contributed by atoms with Gasteiger partial charge in [0.1, 0.15) is 6.10 Å². The normalized spacial score (nSPS) is 14.2. The first kappa shape index (κ1) is 12.9. The first-order valence-corrected chi connectivity index (χ1v) is 5.19. The topological polar surface area (TPSA) is 46.5 Å². The van der Waals surface area contributed by atoms with Crippen LogP contribution < -0.4 is 0 Å². The van der Waals surface area contributed by atoms with Crippen molar-refractivity contribution < 1.29 is 19.0 Å². The van der Waals surface area contributed by atoms with Crippen LogP contribution in [0.5, 0.6) is 0 Å². The molecule has 0 saturated carbocycles. The third-order valence-electron chi connectivity index (χ3n) is 2.01. The fourth-order valence-corrected chi connectivity index (χ4v) is 1.47. The van der Waals surface area contributed by atoms with Gasteiger partial charge in [-0.2, -0.15) is 0 Å². The van der Waals surface area contributed by atoms with Gasteiger partial charge in [-0.1, -0.05) is 29.8 Å². The van der Waals surface area contributed by atoms with Crippen molar-refractivity contribution in [3.05, 3.63) is 34.9 Å². The maximum atomic E-state index is 13.5. The van der Waals surface area contributed by atoms with E-state index in [1.165, 1.54) is 12.1 Å². The monoisotopic (exact) mass is 246 g/mol. The summed E-state index contributed by atoms with van der Waals surface area (Å²) in [4.78, 5) is 11.1. The van der Waals surface area contributed by atoms with Gasteiger partial charge in [0.15, 0.2) is 0 Å². The summed E-state index contributed by atoms with van der Waals surface area (Å²) in [5.41, 5.74) is 0.171. The predicted molar refractivity (Wildman–Crippen MR) is 57.9 cm³/mol. The highest BCUT2D eigenvalue weighted by atomic mass is 35.5. The van der Waals surface area contributed by atoms with Crippen molar-refractivity contribution in [2.75, 3.05) is 6.61 Å². The Kier molecular flexibility index (Phi) is 4.71. The van der Waals surface area contributed by atoms with E-state index in [1.807, 2.05) is 0 Å². The summed E-state index contributed by atoms with van der Waals surface area (Å²) in [6.45, 7) is 1.63. The minimum Gasteiger partial charge on any atom is -0.464 e. The second kappa shape index (κ2) is 5.82. The zero-order valence-corrected chi connectivity index (χ0v) is 9.45. The van der Waals surface area contributed by atoms with Gasteiger partial charge in [-0.3, -0.25) is 0 Å². The molecule has 0 radical (unpaired) electrons. The molecule has 0 amide bonds. The van der Waals surface area contributed by atoms with E-state index in [9.17, 15) is 14.3 Å². The van der Waals surface area contributed by atoms with Crippen LogP contribution in [-0.4, -0.2) is 23.9 Å². The number of alkyl halides is 1. The fourth-order valence-electron chi connectivity index (χ4n) is 1.22. The molecule has 2 unspecified atom stereocenters. The highest BCUT2D eigenvalue weighted by molar-refractivity contribution is 6.31. The molecule has 0 spiro atoms. The standard InChI is InChI=1S/C11H12ClFO3/c1-2-16-11(15)9(13)10(14)7-5-3-4-6-8(7)12/h3-6,9-10,14H,2H2,1H3. The lowest BCUT2D eigenvalue weighted by Crippen LogP contribution is -2.26. The zero-order valence-electron chi connectivity index (χ0n) is 8.69. The highest BCUT2D eigenvalue weighted by Crippen LogP contribution is 2.26. The summed E-state index contributed by atoms with van der Waals surface area (Å²) in [6.07, 6.45) is -3.73. The lowest BCUT2D eigenvalue weighted by Gasteiger charge is -2.15. The van der Waals surface area contributed by atoms with Crippen LogP contribution in [0.25, 0.3) is 0 Å². The largest absolute Gasteiger partial charge is 0.464 e. The second-order valence-electron chi connectivity index (χ2n) is 3.12. The maximum absolute atomic E-state index is 13.5. The van der Waals surface area contributed by atoms with Gasteiger partial charge < -0.3 is 9.84 Å². The van der Waals surface area contributed by atoms with Crippen LogP contribution >= 0.6 is 11.6 Å². The average Bonchev–Trinajstić information content (AvgIpc) is 2.28. The van der Waals surface area contributed by atoms with E-state index in [0.29, 0.717) is 0 Å². The average molecular weight is 247 g/mol. The first-order valence-electron chi connectivity index (χ1n) is 4.81. The lowest BCUT2D eigenvalue weighted by molar-refractivity contribution is -0.153. The number of ether oxygens (including phenoxy) is 1. The van der Waals surface area contributed by atoms with Gasteiger partial charge in [-0.05, 0) is 13.0 Å². The molecule has 0 fully saturated rings. The molecule has 0 aromatic heterocycles. The molecular formula is C11H12ClFO3. The molecule has 0 heterocycles. The summed E-state index contributed by atoms with van der Waals surface area (Å²) >= 11 is 5.77. The summed E-state index contributed by atoms with van der Waals surface area (Å²) < 4.78 is 17.9. The van der Waals surface area contributed by atoms with E-state index >= 15 is 0 Å². The Hall–Kier alpha value is -1.13. The number of hydrogen-bond donors (Lipinski definition) is 1.